The van der Waals surface area contributed by atoms with Crippen LogP contribution in [-0.2, 0) is 0 Å². The summed E-state index contributed by atoms with van der Waals surface area (Å²) in [6.45, 7) is 5.95. The number of hydrogen-bond acceptors (Lipinski definition) is 0. The lowest BCUT2D eigenvalue weighted by molar-refractivity contribution is 0.866. The van der Waals surface area contributed by atoms with Gasteiger partial charge in [0.15, 0.2) is 0 Å². The van der Waals surface area contributed by atoms with E-state index in [2.05, 4.69) is 0 Å². The minimum Gasteiger partial charge on any atom is -0.0590 e. The molecule has 1 aromatic rings. The van der Waals surface area contributed by atoms with Crippen molar-refractivity contribution in [2.24, 2.45) is 0 Å². The number of rotatable bonds is 1. The smallest absolute Gasteiger partial charge is 0.0590 e. The van der Waals surface area contributed by atoms with Crippen molar-refractivity contribution in [3.8, 4) is 0 Å². The van der Waals surface area contributed by atoms with Crippen molar-refractivity contribution in [2.45, 2.75) is 26.7 Å². The molecular formula is C10H14. The van der Waals surface area contributed by atoms with Crippen LogP contribution < -0.4 is 0 Å². The Morgan fingerprint density at radius 2 is 2.00 bits per heavy atom. The Bertz CT molecular complexity index is 290. The number of hydrogen-bond donors (Lipinski definition) is 0. The Morgan fingerprint density at radius 1 is 1.30 bits per heavy atom. The Morgan fingerprint density at radius 3 is 2.60 bits per heavy atom. The SMILES string of the molecule is [2H]c1cc(C(C)C)c([2H])cc1C. The topological polar surface area (TPSA) is 0 Å². The third-order valence-corrected chi connectivity index (χ3v) is 1.53. The molecule has 0 heteroatoms. The van der Waals surface area contributed by atoms with E-state index < -0.39 is 0 Å². The van der Waals surface area contributed by atoms with E-state index in [1.807, 2.05) is 20.8 Å². The molecule has 54 valence electrons. The molecule has 0 spiro atoms. The second kappa shape index (κ2) is 2.87. The first-order valence-electron chi connectivity index (χ1n) is 4.60. The lowest BCUT2D eigenvalue weighted by Gasteiger charge is -2.03. The van der Waals surface area contributed by atoms with Gasteiger partial charge in [-0.1, -0.05) is 43.6 Å². The van der Waals surface area contributed by atoms with E-state index in [4.69, 9.17) is 2.74 Å². The molecule has 0 aliphatic carbocycles. The van der Waals surface area contributed by atoms with Gasteiger partial charge in [-0.25, -0.2) is 0 Å². The van der Waals surface area contributed by atoms with Crippen molar-refractivity contribution in [3.63, 3.8) is 0 Å². The average molecular weight is 136 g/mol. The molecule has 0 nitrogen and oxygen atoms in total. The highest BCUT2D eigenvalue weighted by atomic mass is 14.0. The first-order chi connectivity index (χ1) is 5.52. The molecule has 0 fully saturated rings. The van der Waals surface area contributed by atoms with Crippen LogP contribution >= 0.6 is 0 Å². The third kappa shape index (κ3) is 1.60. The van der Waals surface area contributed by atoms with Gasteiger partial charge in [-0.15, -0.1) is 0 Å². The highest BCUT2D eigenvalue weighted by Crippen LogP contribution is 2.13. The molecule has 0 aliphatic heterocycles. The van der Waals surface area contributed by atoms with Crippen molar-refractivity contribution >= 4 is 0 Å². The predicted molar refractivity (Wildman–Crippen MR) is 45.3 cm³/mol. The summed E-state index contributed by atoms with van der Waals surface area (Å²) in [6.07, 6.45) is 0. The van der Waals surface area contributed by atoms with E-state index in [9.17, 15) is 0 Å². The maximum absolute atomic E-state index is 7.66. The van der Waals surface area contributed by atoms with E-state index in [-0.39, 0.29) is 0 Å². The van der Waals surface area contributed by atoms with Crippen LogP contribution in [0.15, 0.2) is 24.2 Å². The Hall–Kier alpha value is -0.780. The van der Waals surface area contributed by atoms with E-state index >= 15 is 0 Å². The molecule has 0 atom stereocenters. The Balaban J connectivity index is 3.23. The minimum absolute atomic E-state index is 0.335. The van der Waals surface area contributed by atoms with Crippen LogP contribution in [0.1, 0.15) is 33.6 Å². The molecule has 0 radical (unpaired) electrons. The summed E-state index contributed by atoms with van der Waals surface area (Å²) in [4.78, 5) is 0. The fourth-order valence-electron chi connectivity index (χ4n) is 0.800. The van der Waals surface area contributed by atoms with E-state index in [0.29, 0.717) is 18.0 Å². The van der Waals surface area contributed by atoms with Crippen LogP contribution in [0.3, 0.4) is 0 Å². The normalized spacial score (nSPS) is 13.2. The second-order valence-corrected chi connectivity index (χ2v) is 2.87. The van der Waals surface area contributed by atoms with Crippen molar-refractivity contribution in [2.75, 3.05) is 0 Å². The van der Waals surface area contributed by atoms with E-state index in [0.717, 1.165) is 11.1 Å². The van der Waals surface area contributed by atoms with Gasteiger partial charge in [0.05, 0.1) is 2.74 Å². The van der Waals surface area contributed by atoms with Gasteiger partial charge >= 0.3 is 0 Å². The molecule has 0 bridgehead atoms. The molecule has 0 heterocycles. The zero-order valence-corrected chi connectivity index (χ0v) is 6.73. The zero-order valence-electron chi connectivity index (χ0n) is 8.73. The summed E-state index contributed by atoms with van der Waals surface area (Å²) in [5.41, 5.74) is 1.84. The predicted octanol–water partition coefficient (Wildman–Crippen LogP) is 3.12. The minimum atomic E-state index is 0.335. The monoisotopic (exact) mass is 136 g/mol. The fraction of sp³-hybridized carbons (Fsp3) is 0.400. The van der Waals surface area contributed by atoms with Crippen molar-refractivity contribution in [1.29, 1.82) is 0 Å². The van der Waals surface area contributed by atoms with Crippen LogP contribution in [0, 0.1) is 6.92 Å². The van der Waals surface area contributed by atoms with Crippen molar-refractivity contribution < 1.29 is 2.74 Å². The number of aryl methyl sites for hydroxylation is 1. The maximum atomic E-state index is 7.66. The second-order valence-electron chi connectivity index (χ2n) is 2.87. The lowest BCUT2D eigenvalue weighted by Crippen LogP contribution is -1.85. The molecular weight excluding hydrogens is 120 g/mol. The van der Waals surface area contributed by atoms with Gasteiger partial charge in [0.2, 0.25) is 0 Å². The largest absolute Gasteiger partial charge is 0.0626 e. The first kappa shape index (κ1) is 4.95. The molecule has 0 amide bonds. The van der Waals surface area contributed by atoms with Gasteiger partial charge in [-0.2, -0.15) is 0 Å². The highest BCUT2D eigenvalue weighted by molar-refractivity contribution is 5.23. The number of benzene rings is 1. The summed E-state index contributed by atoms with van der Waals surface area (Å²) in [7, 11) is 0. The van der Waals surface area contributed by atoms with Crippen LogP contribution in [0.5, 0.6) is 0 Å². The van der Waals surface area contributed by atoms with Crippen LogP contribution in [0.25, 0.3) is 0 Å². The van der Waals surface area contributed by atoms with Crippen molar-refractivity contribution in [3.05, 3.63) is 35.3 Å². The maximum Gasteiger partial charge on any atom is 0.0626 e. The van der Waals surface area contributed by atoms with Gasteiger partial charge in [-0.3, -0.25) is 0 Å². The average Bonchev–Trinajstić information content (AvgIpc) is 1.96. The van der Waals surface area contributed by atoms with Crippen molar-refractivity contribution in [1.82, 2.24) is 0 Å². The van der Waals surface area contributed by atoms with Crippen LogP contribution in [0.4, 0.5) is 0 Å². The Kier molecular flexibility index (Phi) is 1.42. The van der Waals surface area contributed by atoms with Gasteiger partial charge in [0.25, 0.3) is 0 Å². The van der Waals surface area contributed by atoms with Gasteiger partial charge < -0.3 is 0 Å². The summed E-state index contributed by atoms with van der Waals surface area (Å²) < 4.78 is 15.2. The summed E-state index contributed by atoms with van der Waals surface area (Å²) in [6, 6.07) is 4.65. The molecule has 0 unspecified atom stereocenters. The van der Waals surface area contributed by atoms with E-state index in [1.54, 1.807) is 12.1 Å². The molecule has 0 N–H and O–H groups in total. The quantitative estimate of drug-likeness (QED) is 0.556. The third-order valence-electron chi connectivity index (χ3n) is 1.53. The summed E-state index contributed by atoms with van der Waals surface area (Å²) in [5, 5.41) is 0. The summed E-state index contributed by atoms with van der Waals surface area (Å²) >= 11 is 0. The molecule has 0 saturated heterocycles. The first-order valence-corrected chi connectivity index (χ1v) is 3.60. The van der Waals surface area contributed by atoms with Crippen LogP contribution in [-0.4, -0.2) is 0 Å². The standard InChI is InChI=1S/C10H14/c1-8(2)10-6-4-9(3)5-7-10/h4-8H,1-3H3/i4D,7D. The highest BCUT2D eigenvalue weighted by Gasteiger charge is 1.95. The molecule has 10 heavy (non-hydrogen) atoms. The molecule has 0 saturated carbocycles. The fourth-order valence-corrected chi connectivity index (χ4v) is 0.800. The lowest BCUT2D eigenvalue weighted by atomic mass is 10.0. The Labute approximate surface area is 65.7 Å². The van der Waals surface area contributed by atoms with Crippen LogP contribution in [0.2, 0.25) is 0 Å². The van der Waals surface area contributed by atoms with Gasteiger partial charge in [-0.05, 0) is 18.4 Å². The van der Waals surface area contributed by atoms with E-state index in [1.165, 1.54) is 0 Å². The summed E-state index contributed by atoms with van der Waals surface area (Å²) in [5.74, 6) is 0.335. The van der Waals surface area contributed by atoms with Gasteiger partial charge in [0.1, 0.15) is 0 Å². The molecule has 0 aliphatic rings. The molecule has 1 aromatic carbocycles. The van der Waals surface area contributed by atoms with Gasteiger partial charge in [0, 0.05) is 0 Å². The molecule has 1 rings (SSSR count). The molecule has 0 aromatic heterocycles. The zero-order chi connectivity index (χ0) is 9.30.